The molecule has 1 aromatic heterocycles. The molecule has 2 aromatic carbocycles. The predicted octanol–water partition coefficient (Wildman–Crippen LogP) is 5.06. The van der Waals surface area contributed by atoms with E-state index in [0.717, 1.165) is 22.6 Å². The van der Waals surface area contributed by atoms with Gasteiger partial charge in [0.25, 0.3) is 0 Å². The second-order valence-electron chi connectivity index (χ2n) is 6.95. The Bertz CT molecular complexity index is 951. The molecule has 3 aromatic rings. The average Bonchev–Trinajstić information content (AvgIpc) is 2.78. The molecule has 0 fully saturated rings. The minimum atomic E-state index is 0.0883. The lowest BCUT2D eigenvalue weighted by Crippen LogP contribution is -2.18. The highest BCUT2D eigenvalue weighted by Crippen LogP contribution is 2.39. The first-order valence-electron chi connectivity index (χ1n) is 9.76. The molecule has 0 radical (unpaired) electrons. The van der Waals surface area contributed by atoms with Crippen LogP contribution in [0.15, 0.2) is 54.9 Å². The minimum Gasteiger partial charge on any atom is -0.493 e. The standard InChI is InChI=1S/C24H28N2O4/c1-16-11-18(8-9-21(16)30-20-7-6-10-25-15-20)14-26-17(2)19-12-22(27-3)24(29-5)23(13-19)28-4/h6-13,15,17,26H,14H2,1-5H3. The molecule has 0 saturated carbocycles. The summed E-state index contributed by atoms with van der Waals surface area (Å²) in [5.74, 6) is 3.43. The van der Waals surface area contributed by atoms with E-state index in [-0.39, 0.29) is 6.04 Å². The van der Waals surface area contributed by atoms with Gasteiger partial charge in [0.1, 0.15) is 11.5 Å². The molecule has 1 heterocycles. The summed E-state index contributed by atoms with van der Waals surface area (Å²) in [7, 11) is 4.85. The van der Waals surface area contributed by atoms with Gasteiger partial charge < -0.3 is 24.3 Å². The van der Waals surface area contributed by atoms with Crippen molar-refractivity contribution in [1.82, 2.24) is 10.3 Å². The van der Waals surface area contributed by atoms with Crippen molar-refractivity contribution in [1.29, 1.82) is 0 Å². The maximum absolute atomic E-state index is 5.91. The quantitative estimate of drug-likeness (QED) is 0.534. The molecule has 1 unspecified atom stereocenters. The highest BCUT2D eigenvalue weighted by molar-refractivity contribution is 5.54. The first-order chi connectivity index (χ1) is 14.5. The van der Waals surface area contributed by atoms with Crippen LogP contribution in [0.3, 0.4) is 0 Å². The highest BCUT2D eigenvalue weighted by atomic mass is 16.5. The van der Waals surface area contributed by atoms with Crippen LogP contribution >= 0.6 is 0 Å². The number of rotatable bonds is 9. The Kier molecular flexibility index (Phi) is 7.14. The van der Waals surface area contributed by atoms with E-state index >= 15 is 0 Å². The van der Waals surface area contributed by atoms with E-state index in [0.29, 0.717) is 23.8 Å². The largest absolute Gasteiger partial charge is 0.493 e. The van der Waals surface area contributed by atoms with Gasteiger partial charge in [-0.3, -0.25) is 4.98 Å². The van der Waals surface area contributed by atoms with E-state index in [2.05, 4.69) is 29.4 Å². The lowest BCUT2D eigenvalue weighted by atomic mass is 10.1. The summed E-state index contributed by atoms with van der Waals surface area (Å²) in [6.07, 6.45) is 3.43. The maximum Gasteiger partial charge on any atom is 0.203 e. The summed E-state index contributed by atoms with van der Waals surface area (Å²) in [6.45, 7) is 4.86. The van der Waals surface area contributed by atoms with Gasteiger partial charge >= 0.3 is 0 Å². The van der Waals surface area contributed by atoms with Crippen LogP contribution < -0.4 is 24.3 Å². The normalized spacial score (nSPS) is 11.6. The molecule has 0 bridgehead atoms. The zero-order valence-electron chi connectivity index (χ0n) is 18.1. The number of aromatic nitrogens is 1. The molecule has 0 amide bonds. The Hall–Kier alpha value is -3.25. The molecule has 30 heavy (non-hydrogen) atoms. The van der Waals surface area contributed by atoms with E-state index in [9.17, 15) is 0 Å². The van der Waals surface area contributed by atoms with Crippen molar-refractivity contribution in [2.45, 2.75) is 26.4 Å². The molecular weight excluding hydrogens is 380 g/mol. The number of benzene rings is 2. The fraction of sp³-hybridized carbons (Fsp3) is 0.292. The molecule has 3 rings (SSSR count). The van der Waals surface area contributed by atoms with Crippen molar-refractivity contribution in [3.8, 4) is 28.7 Å². The van der Waals surface area contributed by atoms with Crippen molar-refractivity contribution in [3.63, 3.8) is 0 Å². The molecule has 6 nitrogen and oxygen atoms in total. The van der Waals surface area contributed by atoms with E-state index in [4.69, 9.17) is 18.9 Å². The number of methoxy groups -OCH3 is 3. The van der Waals surface area contributed by atoms with Crippen molar-refractivity contribution in [2.24, 2.45) is 0 Å². The summed E-state index contributed by atoms with van der Waals surface area (Å²) in [5, 5.41) is 3.55. The minimum absolute atomic E-state index is 0.0883. The van der Waals surface area contributed by atoms with E-state index in [1.807, 2.05) is 37.3 Å². The number of nitrogens with one attached hydrogen (secondary N) is 1. The van der Waals surface area contributed by atoms with Gasteiger partial charge in [0.05, 0.1) is 27.5 Å². The Labute approximate surface area is 177 Å². The zero-order valence-corrected chi connectivity index (χ0v) is 18.1. The summed E-state index contributed by atoms with van der Waals surface area (Å²) >= 11 is 0. The second kappa shape index (κ2) is 9.98. The second-order valence-corrected chi connectivity index (χ2v) is 6.95. The Balaban J connectivity index is 1.69. The summed E-state index contributed by atoms with van der Waals surface area (Å²) in [5.41, 5.74) is 3.29. The number of hydrogen-bond acceptors (Lipinski definition) is 6. The molecular formula is C24H28N2O4. The SMILES string of the molecule is COc1cc(C(C)NCc2ccc(Oc3cccnc3)c(C)c2)cc(OC)c1OC. The number of pyridine rings is 1. The summed E-state index contributed by atoms with van der Waals surface area (Å²) in [6, 6.07) is 13.9. The van der Waals surface area contributed by atoms with E-state index in [1.54, 1.807) is 33.7 Å². The number of nitrogens with zero attached hydrogens (tertiary/aromatic N) is 1. The van der Waals surface area contributed by atoms with Crippen LogP contribution in [0, 0.1) is 6.92 Å². The first-order valence-corrected chi connectivity index (χ1v) is 9.76. The monoisotopic (exact) mass is 408 g/mol. The number of ether oxygens (including phenoxy) is 4. The third-order valence-corrected chi connectivity index (χ3v) is 4.90. The van der Waals surface area contributed by atoms with E-state index < -0.39 is 0 Å². The molecule has 1 N–H and O–H groups in total. The lowest BCUT2D eigenvalue weighted by molar-refractivity contribution is 0.323. The van der Waals surface area contributed by atoms with Gasteiger partial charge in [-0.25, -0.2) is 0 Å². The van der Waals surface area contributed by atoms with Crippen LogP contribution in [0.25, 0.3) is 0 Å². The molecule has 0 aliphatic heterocycles. The van der Waals surface area contributed by atoms with E-state index in [1.165, 1.54) is 5.56 Å². The lowest BCUT2D eigenvalue weighted by Gasteiger charge is -2.19. The molecule has 0 aliphatic carbocycles. The molecule has 0 saturated heterocycles. The molecule has 0 aliphatic rings. The van der Waals surface area contributed by atoms with Crippen LogP contribution in [0.2, 0.25) is 0 Å². The van der Waals surface area contributed by atoms with Gasteiger partial charge in [-0.2, -0.15) is 0 Å². The van der Waals surface area contributed by atoms with Gasteiger partial charge in [-0.15, -0.1) is 0 Å². The zero-order chi connectivity index (χ0) is 21.5. The van der Waals surface area contributed by atoms with Crippen LogP contribution in [0.1, 0.15) is 29.7 Å². The third-order valence-electron chi connectivity index (χ3n) is 4.90. The van der Waals surface area contributed by atoms with Crippen molar-refractivity contribution in [2.75, 3.05) is 21.3 Å². The topological polar surface area (TPSA) is 61.8 Å². The van der Waals surface area contributed by atoms with Gasteiger partial charge in [0.15, 0.2) is 11.5 Å². The molecule has 6 heteroatoms. The fourth-order valence-corrected chi connectivity index (χ4v) is 3.21. The Morgan fingerprint density at radius 2 is 1.67 bits per heavy atom. The van der Waals surface area contributed by atoms with Gasteiger partial charge in [0.2, 0.25) is 5.75 Å². The van der Waals surface area contributed by atoms with Crippen LogP contribution in [0.4, 0.5) is 0 Å². The number of hydrogen-bond donors (Lipinski definition) is 1. The highest BCUT2D eigenvalue weighted by Gasteiger charge is 2.16. The van der Waals surface area contributed by atoms with Crippen LogP contribution in [0.5, 0.6) is 28.7 Å². The van der Waals surface area contributed by atoms with Crippen molar-refractivity contribution >= 4 is 0 Å². The van der Waals surface area contributed by atoms with Crippen LogP contribution in [-0.4, -0.2) is 26.3 Å². The molecule has 158 valence electrons. The van der Waals surface area contributed by atoms with Gasteiger partial charge in [-0.05, 0) is 60.9 Å². The van der Waals surface area contributed by atoms with Crippen molar-refractivity contribution < 1.29 is 18.9 Å². The van der Waals surface area contributed by atoms with Crippen molar-refractivity contribution in [3.05, 3.63) is 71.5 Å². The predicted molar refractivity (Wildman–Crippen MR) is 117 cm³/mol. The number of aryl methyl sites for hydroxylation is 1. The third kappa shape index (κ3) is 5.02. The Morgan fingerprint density at radius 1 is 0.933 bits per heavy atom. The maximum atomic E-state index is 5.91. The summed E-state index contributed by atoms with van der Waals surface area (Å²) in [4.78, 5) is 4.08. The van der Waals surface area contributed by atoms with Crippen LogP contribution in [-0.2, 0) is 6.54 Å². The average molecular weight is 408 g/mol. The van der Waals surface area contributed by atoms with Gasteiger partial charge in [-0.1, -0.05) is 12.1 Å². The fourth-order valence-electron chi connectivity index (χ4n) is 3.21. The Morgan fingerprint density at radius 3 is 2.23 bits per heavy atom. The molecule has 0 spiro atoms. The van der Waals surface area contributed by atoms with Gasteiger partial charge in [0, 0.05) is 18.8 Å². The smallest absolute Gasteiger partial charge is 0.203 e. The summed E-state index contributed by atoms with van der Waals surface area (Å²) < 4.78 is 22.2. The molecule has 1 atom stereocenters. The first kappa shape index (κ1) is 21.5.